The van der Waals surface area contributed by atoms with Crippen LogP contribution in [-0.4, -0.2) is 5.91 Å². The number of anilines is 2. The predicted molar refractivity (Wildman–Crippen MR) is 72.3 cm³/mol. The Hall–Kier alpha value is -2.36. The highest BCUT2D eigenvalue weighted by molar-refractivity contribution is 5.98. The van der Waals surface area contributed by atoms with E-state index in [2.05, 4.69) is 5.32 Å². The molecular weight excluding hydrogens is 243 g/mol. The number of hydrogen-bond donors (Lipinski definition) is 2. The third-order valence-corrected chi connectivity index (χ3v) is 3.42. The molecule has 1 amide bonds. The summed E-state index contributed by atoms with van der Waals surface area (Å²) in [5.74, 6) is -0.865. The van der Waals surface area contributed by atoms with Crippen LogP contribution in [0.4, 0.5) is 15.8 Å². The first-order valence-electron chi connectivity index (χ1n) is 6.09. The molecule has 3 nitrogen and oxygen atoms in total. The Bertz CT molecular complexity index is 654. The van der Waals surface area contributed by atoms with Gasteiger partial charge in [-0.25, -0.2) is 4.39 Å². The molecule has 0 saturated carbocycles. The van der Waals surface area contributed by atoms with E-state index in [0.717, 1.165) is 5.56 Å². The molecule has 1 unspecified atom stereocenters. The van der Waals surface area contributed by atoms with Crippen LogP contribution in [0.25, 0.3) is 0 Å². The second-order valence-electron chi connectivity index (χ2n) is 4.68. The second-order valence-corrected chi connectivity index (χ2v) is 4.68. The average molecular weight is 256 g/mol. The Morgan fingerprint density at radius 3 is 2.84 bits per heavy atom. The van der Waals surface area contributed by atoms with Gasteiger partial charge in [0.2, 0.25) is 5.91 Å². The van der Waals surface area contributed by atoms with Crippen molar-refractivity contribution in [2.75, 3.05) is 11.1 Å². The number of carbonyl (C=O) groups excluding carboxylic acids is 1. The third kappa shape index (κ3) is 2.05. The summed E-state index contributed by atoms with van der Waals surface area (Å²) in [5.41, 5.74) is 8.33. The molecular formula is C15H13FN2O. The van der Waals surface area contributed by atoms with Crippen molar-refractivity contribution in [3.63, 3.8) is 0 Å². The molecule has 0 aliphatic heterocycles. The van der Waals surface area contributed by atoms with E-state index < -0.39 is 5.82 Å². The maximum Gasteiger partial charge on any atom is 0.232 e. The normalized spacial score (nSPS) is 16.4. The molecule has 0 saturated heterocycles. The van der Waals surface area contributed by atoms with Crippen molar-refractivity contribution in [2.24, 2.45) is 0 Å². The number of carbonyl (C=O) groups is 1. The standard InChI is InChI=1S/C15H13FN2O/c16-13-6-5-10(17)8-14(13)18-15(19)12-7-9-3-1-2-4-11(9)12/h1-6,8,12H,7,17H2,(H,18,19). The lowest BCUT2D eigenvalue weighted by molar-refractivity contribution is -0.118. The maximum absolute atomic E-state index is 13.5. The van der Waals surface area contributed by atoms with Crippen molar-refractivity contribution in [3.8, 4) is 0 Å². The van der Waals surface area contributed by atoms with Crippen LogP contribution >= 0.6 is 0 Å². The summed E-state index contributed by atoms with van der Waals surface area (Å²) in [6.45, 7) is 0. The second kappa shape index (κ2) is 4.39. The largest absolute Gasteiger partial charge is 0.399 e. The lowest BCUT2D eigenvalue weighted by Gasteiger charge is -2.28. The van der Waals surface area contributed by atoms with Gasteiger partial charge in [-0.1, -0.05) is 24.3 Å². The smallest absolute Gasteiger partial charge is 0.232 e. The van der Waals surface area contributed by atoms with E-state index in [-0.39, 0.29) is 17.5 Å². The molecule has 0 radical (unpaired) electrons. The summed E-state index contributed by atoms with van der Waals surface area (Å²) in [5, 5.41) is 2.60. The molecule has 3 rings (SSSR count). The predicted octanol–water partition coefficient (Wildman–Crippen LogP) is 2.69. The van der Waals surface area contributed by atoms with Crippen molar-refractivity contribution < 1.29 is 9.18 Å². The molecule has 0 aromatic heterocycles. The van der Waals surface area contributed by atoms with Crippen molar-refractivity contribution in [3.05, 3.63) is 59.4 Å². The average Bonchev–Trinajstić information content (AvgIpc) is 2.35. The highest BCUT2D eigenvalue weighted by Gasteiger charge is 2.31. The van der Waals surface area contributed by atoms with Crippen LogP contribution in [0.1, 0.15) is 17.0 Å². The van der Waals surface area contributed by atoms with Gasteiger partial charge in [0.1, 0.15) is 5.82 Å². The van der Waals surface area contributed by atoms with E-state index in [1.807, 2.05) is 24.3 Å². The number of amides is 1. The number of fused-ring (bicyclic) bond motifs is 1. The first-order chi connectivity index (χ1) is 9.15. The Labute approximate surface area is 110 Å². The molecule has 0 spiro atoms. The topological polar surface area (TPSA) is 55.1 Å². The fraction of sp³-hybridized carbons (Fsp3) is 0.133. The van der Waals surface area contributed by atoms with Gasteiger partial charge in [0.05, 0.1) is 11.6 Å². The lowest BCUT2D eigenvalue weighted by atomic mass is 9.77. The maximum atomic E-state index is 13.5. The number of nitrogen functional groups attached to an aromatic ring is 1. The van der Waals surface area contributed by atoms with Gasteiger partial charge < -0.3 is 11.1 Å². The Balaban J connectivity index is 1.79. The SMILES string of the molecule is Nc1ccc(F)c(NC(=O)C2Cc3ccccc32)c1. The van der Waals surface area contributed by atoms with E-state index in [4.69, 9.17) is 5.73 Å². The number of nitrogens with two attached hydrogens (primary N) is 1. The minimum Gasteiger partial charge on any atom is -0.399 e. The highest BCUT2D eigenvalue weighted by Crippen LogP contribution is 2.35. The Kier molecular flexibility index (Phi) is 2.71. The van der Waals surface area contributed by atoms with Crippen LogP contribution in [0.2, 0.25) is 0 Å². The van der Waals surface area contributed by atoms with Crippen molar-refractivity contribution in [1.29, 1.82) is 0 Å². The number of benzene rings is 2. The summed E-state index contributed by atoms with van der Waals surface area (Å²) >= 11 is 0. The quantitative estimate of drug-likeness (QED) is 0.812. The first kappa shape index (κ1) is 11.7. The zero-order valence-electron chi connectivity index (χ0n) is 10.2. The highest BCUT2D eigenvalue weighted by atomic mass is 19.1. The zero-order chi connectivity index (χ0) is 13.4. The van der Waals surface area contributed by atoms with Crippen LogP contribution < -0.4 is 11.1 Å². The number of rotatable bonds is 2. The summed E-state index contributed by atoms with van der Waals surface area (Å²) < 4.78 is 13.5. The molecule has 0 bridgehead atoms. The molecule has 96 valence electrons. The molecule has 2 aromatic carbocycles. The van der Waals surface area contributed by atoms with Gasteiger partial charge in [-0.3, -0.25) is 4.79 Å². The van der Waals surface area contributed by atoms with Crippen LogP contribution in [0.15, 0.2) is 42.5 Å². The summed E-state index contributed by atoms with van der Waals surface area (Å²) in [6, 6.07) is 11.9. The summed E-state index contributed by atoms with van der Waals surface area (Å²) in [4.78, 5) is 12.1. The van der Waals surface area contributed by atoms with Crippen LogP contribution in [0.5, 0.6) is 0 Å². The third-order valence-electron chi connectivity index (χ3n) is 3.42. The molecule has 3 N–H and O–H groups in total. The number of halogens is 1. The van der Waals surface area contributed by atoms with E-state index in [9.17, 15) is 9.18 Å². The molecule has 19 heavy (non-hydrogen) atoms. The fourth-order valence-electron chi connectivity index (χ4n) is 2.35. The van der Waals surface area contributed by atoms with Crippen molar-refractivity contribution >= 4 is 17.3 Å². The molecule has 1 atom stereocenters. The van der Waals surface area contributed by atoms with Gasteiger partial charge in [0.25, 0.3) is 0 Å². The van der Waals surface area contributed by atoms with Crippen LogP contribution in [0, 0.1) is 5.82 Å². The monoisotopic (exact) mass is 256 g/mol. The summed E-state index contributed by atoms with van der Waals surface area (Å²) in [7, 11) is 0. The minimum atomic E-state index is -0.477. The zero-order valence-corrected chi connectivity index (χ0v) is 10.2. The molecule has 1 aliphatic rings. The molecule has 2 aromatic rings. The van der Waals surface area contributed by atoms with E-state index >= 15 is 0 Å². The van der Waals surface area contributed by atoms with Gasteiger partial charge in [-0.05, 0) is 35.7 Å². The molecule has 1 aliphatic carbocycles. The van der Waals surface area contributed by atoms with Gasteiger partial charge >= 0.3 is 0 Å². The molecule has 4 heteroatoms. The lowest BCUT2D eigenvalue weighted by Crippen LogP contribution is -2.30. The van der Waals surface area contributed by atoms with E-state index in [1.165, 1.54) is 23.8 Å². The number of hydrogen-bond acceptors (Lipinski definition) is 2. The van der Waals surface area contributed by atoms with Gasteiger partial charge in [0.15, 0.2) is 0 Å². The van der Waals surface area contributed by atoms with Crippen LogP contribution in [0.3, 0.4) is 0 Å². The van der Waals surface area contributed by atoms with Crippen molar-refractivity contribution in [1.82, 2.24) is 0 Å². The van der Waals surface area contributed by atoms with Gasteiger partial charge in [-0.15, -0.1) is 0 Å². The van der Waals surface area contributed by atoms with E-state index in [1.54, 1.807) is 0 Å². The molecule has 0 heterocycles. The summed E-state index contributed by atoms with van der Waals surface area (Å²) in [6.07, 6.45) is 0.700. The Morgan fingerprint density at radius 2 is 2.05 bits per heavy atom. The van der Waals surface area contributed by atoms with Crippen LogP contribution in [-0.2, 0) is 11.2 Å². The number of nitrogens with one attached hydrogen (secondary N) is 1. The van der Waals surface area contributed by atoms with E-state index in [0.29, 0.717) is 12.1 Å². The molecule has 0 fully saturated rings. The minimum absolute atomic E-state index is 0.134. The van der Waals surface area contributed by atoms with Gasteiger partial charge in [0, 0.05) is 5.69 Å². The first-order valence-corrected chi connectivity index (χ1v) is 6.09. The Morgan fingerprint density at radius 1 is 1.26 bits per heavy atom. The fourth-order valence-corrected chi connectivity index (χ4v) is 2.35. The van der Waals surface area contributed by atoms with Gasteiger partial charge in [-0.2, -0.15) is 0 Å². The van der Waals surface area contributed by atoms with Crippen molar-refractivity contribution in [2.45, 2.75) is 12.3 Å².